The van der Waals surface area contributed by atoms with Crippen LogP contribution >= 0.6 is 0 Å². The Bertz CT molecular complexity index is 110. The summed E-state index contributed by atoms with van der Waals surface area (Å²) in [7, 11) is 0. The van der Waals surface area contributed by atoms with Gasteiger partial charge in [-0.2, -0.15) is 0 Å². The minimum absolute atomic E-state index is 0.00463. The number of rotatable bonds is 5. The molecule has 0 rings (SSSR count). The summed E-state index contributed by atoms with van der Waals surface area (Å²) in [5, 5.41) is 16.7. The lowest BCUT2D eigenvalue weighted by Gasteiger charge is -2.10. The Balaban J connectivity index is 0. The van der Waals surface area contributed by atoms with Crippen molar-refractivity contribution in [3.8, 4) is 0 Å². The summed E-state index contributed by atoms with van der Waals surface area (Å²) in [6.45, 7) is 6.24. The van der Waals surface area contributed by atoms with Crippen LogP contribution in [0.5, 0.6) is 0 Å². The maximum Gasteiger partial charge on any atom is 0.0585 e. The highest BCUT2D eigenvalue weighted by molar-refractivity contribution is 4.61. The van der Waals surface area contributed by atoms with Crippen molar-refractivity contribution in [3.05, 3.63) is 0 Å². The predicted octanol–water partition coefficient (Wildman–Crippen LogP) is 0.0681. The van der Waals surface area contributed by atoms with E-state index in [0.717, 1.165) is 12.8 Å². The third-order valence-corrected chi connectivity index (χ3v) is 1.96. The quantitative estimate of drug-likeness (QED) is 0.512. The van der Waals surface area contributed by atoms with Crippen LogP contribution < -0.4 is 11.5 Å². The fraction of sp³-hybridized carbons (Fsp3) is 1.00. The molecule has 2 atom stereocenters. The zero-order valence-corrected chi connectivity index (χ0v) is 9.61. The van der Waals surface area contributed by atoms with Crippen molar-refractivity contribution in [2.75, 3.05) is 13.2 Å². The van der Waals surface area contributed by atoms with Gasteiger partial charge in [-0.05, 0) is 12.3 Å². The SMILES string of the molecule is CC(C)C(N)CO.CCCC(N)CO. The summed E-state index contributed by atoms with van der Waals surface area (Å²) in [6, 6.07) is -0.0370. The van der Waals surface area contributed by atoms with E-state index in [1.165, 1.54) is 0 Å². The monoisotopic (exact) mass is 206 g/mol. The van der Waals surface area contributed by atoms with E-state index < -0.39 is 0 Å². The van der Waals surface area contributed by atoms with Gasteiger partial charge in [-0.15, -0.1) is 0 Å². The van der Waals surface area contributed by atoms with Crippen molar-refractivity contribution in [1.82, 2.24) is 0 Å². The van der Waals surface area contributed by atoms with Gasteiger partial charge < -0.3 is 21.7 Å². The van der Waals surface area contributed by atoms with Crippen LogP contribution in [0.2, 0.25) is 0 Å². The number of nitrogens with two attached hydrogens (primary N) is 2. The highest BCUT2D eigenvalue weighted by atomic mass is 16.3. The smallest absolute Gasteiger partial charge is 0.0585 e. The van der Waals surface area contributed by atoms with E-state index in [1.54, 1.807) is 0 Å². The Morgan fingerprint density at radius 1 is 1.07 bits per heavy atom. The summed E-state index contributed by atoms with van der Waals surface area (Å²) in [5.41, 5.74) is 10.7. The first kappa shape index (κ1) is 16.3. The van der Waals surface area contributed by atoms with Gasteiger partial charge in [0, 0.05) is 12.1 Å². The lowest BCUT2D eigenvalue weighted by molar-refractivity contribution is 0.238. The normalized spacial score (nSPS) is 14.6. The van der Waals surface area contributed by atoms with Crippen LogP contribution in [0.1, 0.15) is 33.6 Å². The maximum absolute atomic E-state index is 8.38. The Morgan fingerprint density at radius 2 is 1.57 bits per heavy atom. The Hall–Kier alpha value is -0.160. The van der Waals surface area contributed by atoms with Crippen molar-refractivity contribution in [2.45, 2.75) is 45.7 Å². The summed E-state index contributed by atoms with van der Waals surface area (Å²) >= 11 is 0. The Morgan fingerprint density at radius 3 is 1.64 bits per heavy atom. The third kappa shape index (κ3) is 11.8. The fourth-order valence-corrected chi connectivity index (χ4v) is 0.673. The maximum atomic E-state index is 8.38. The highest BCUT2D eigenvalue weighted by Gasteiger charge is 2.02. The standard InChI is InChI=1S/2C5H13NO/c1-4(2)5(6)3-7;1-2-3-5(6)4-7/h4-5,7H,3,6H2,1-2H3;5,7H,2-4,6H2,1H3. The molecular weight excluding hydrogens is 180 g/mol. The molecule has 4 nitrogen and oxygen atoms in total. The molecule has 0 aliphatic carbocycles. The Kier molecular flexibility index (Phi) is 12.7. The van der Waals surface area contributed by atoms with E-state index >= 15 is 0 Å². The molecule has 0 bridgehead atoms. The molecule has 0 aromatic carbocycles. The van der Waals surface area contributed by atoms with Gasteiger partial charge in [-0.1, -0.05) is 27.2 Å². The van der Waals surface area contributed by atoms with Gasteiger partial charge in [-0.3, -0.25) is 0 Å². The molecule has 6 N–H and O–H groups in total. The molecule has 0 aromatic rings. The van der Waals surface area contributed by atoms with Gasteiger partial charge in [-0.25, -0.2) is 0 Å². The summed E-state index contributed by atoms with van der Waals surface area (Å²) in [6.07, 6.45) is 1.98. The second-order valence-corrected chi connectivity index (χ2v) is 3.82. The van der Waals surface area contributed by atoms with Crippen LogP contribution in [-0.4, -0.2) is 35.5 Å². The first-order valence-corrected chi connectivity index (χ1v) is 5.22. The van der Waals surface area contributed by atoms with Crippen LogP contribution in [-0.2, 0) is 0 Å². The van der Waals surface area contributed by atoms with Gasteiger partial charge in [0.2, 0.25) is 0 Å². The van der Waals surface area contributed by atoms with E-state index in [0.29, 0.717) is 5.92 Å². The summed E-state index contributed by atoms with van der Waals surface area (Å²) < 4.78 is 0. The molecule has 0 aliphatic rings. The van der Waals surface area contributed by atoms with E-state index in [4.69, 9.17) is 21.7 Å². The third-order valence-electron chi connectivity index (χ3n) is 1.96. The first-order valence-electron chi connectivity index (χ1n) is 5.22. The minimum atomic E-state index is -0.0417. The van der Waals surface area contributed by atoms with Gasteiger partial charge in [0.15, 0.2) is 0 Å². The minimum Gasteiger partial charge on any atom is -0.395 e. The van der Waals surface area contributed by atoms with Gasteiger partial charge in [0.05, 0.1) is 13.2 Å². The van der Waals surface area contributed by atoms with Crippen LogP contribution in [0, 0.1) is 5.92 Å². The average molecular weight is 206 g/mol. The van der Waals surface area contributed by atoms with Crippen LogP contribution in [0.3, 0.4) is 0 Å². The molecule has 0 heterocycles. The van der Waals surface area contributed by atoms with E-state index in [9.17, 15) is 0 Å². The zero-order valence-electron chi connectivity index (χ0n) is 9.61. The van der Waals surface area contributed by atoms with Crippen molar-refractivity contribution >= 4 is 0 Å². The largest absolute Gasteiger partial charge is 0.395 e. The van der Waals surface area contributed by atoms with E-state index in [2.05, 4.69) is 6.92 Å². The fourth-order valence-electron chi connectivity index (χ4n) is 0.673. The molecule has 88 valence electrons. The van der Waals surface area contributed by atoms with Gasteiger partial charge in [0.25, 0.3) is 0 Å². The number of aliphatic hydroxyl groups is 2. The van der Waals surface area contributed by atoms with Crippen LogP contribution in [0.25, 0.3) is 0 Å². The average Bonchev–Trinajstić information content (AvgIpc) is 2.17. The molecule has 4 heteroatoms. The van der Waals surface area contributed by atoms with E-state index in [-0.39, 0.29) is 25.3 Å². The molecule has 0 aromatic heterocycles. The number of hydrogen-bond donors (Lipinski definition) is 4. The lowest BCUT2D eigenvalue weighted by Crippen LogP contribution is -2.29. The van der Waals surface area contributed by atoms with Crippen molar-refractivity contribution < 1.29 is 10.2 Å². The molecule has 0 aliphatic heterocycles. The van der Waals surface area contributed by atoms with Gasteiger partial charge >= 0.3 is 0 Å². The molecule has 0 fully saturated rings. The van der Waals surface area contributed by atoms with Crippen molar-refractivity contribution in [1.29, 1.82) is 0 Å². The second kappa shape index (κ2) is 10.9. The van der Waals surface area contributed by atoms with Crippen LogP contribution in [0.15, 0.2) is 0 Å². The Labute approximate surface area is 87.3 Å². The zero-order chi connectivity index (χ0) is 11.6. The van der Waals surface area contributed by atoms with Crippen molar-refractivity contribution in [3.63, 3.8) is 0 Å². The summed E-state index contributed by atoms with van der Waals surface area (Å²) in [5.74, 6) is 0.394. The van der Waals surface area contributed by atoms with E-state index in [1.807, 2.05) is 13.8 Å². The number of hydrogen-bond acceptors (Lipinski definition) is 4. The van der Waals surface area contributed by atoms with Crippen LogP contribution in [0.4, 0.5) is 0 Å². The molecule has 14 heavy (non-hydrogen) atoms. The molecule has 0 radical (unpaired) electrons. The predicted molar refractivity (Wildman–Crippen MR) is 59.9 cm³/mol. The number of aliphatic hydroxyl groups excluding tert-OH is 2. The molecule has 0 saturated carbocycles. The molecule has 0 spiro atoms. The first-order chi connectivity index (χ1) is 6.49. The van der Waals surface area contributed by atoms with Gasteiger partial charge in [0.1, 0.15) is 0 Å². The highest BCUT2D eigenvalue weighted by Crippen LogP contribution is 1.94. The molecule has 0 saturated heterocycles. The molecule has 0 amide bonds. The molecule has 2 unspecified atom stereocenters. The molecular formula is C10H26N2O2. The lowest BCUT2D eigenvalue weighted by atomic mass is 10.1. The van der Waals surface area contributed by atoms with Crippen molar-refractivity contribution in [2.24, 2.45) is 17.4 Å². The second-order valence-electron chi connectivity index (χ2n) is 3.82. The summed E-state index contributed by atoms with van der Waals surface area (Å²) in [4.78, 5) is 0. The topological polar surface area (TPSA) is 92.5 Å².